The zero-order valence-corrected chi connectivity index (χ0v) is 9.34. The van der Waals surface area contributed by atoms with Crippen molar-refractivity contribution in [3.8, 4) is 0 Å². The fraction of sp³-hybridized carbons (Fsp3) is 1.00. The van der Waals surface area contributed by atoms with Gasteiger partial charge in [0.15, 0.2) is 9.76 Å². The van der Waals surface area contributed by atoms with Gasteiger partial charge in [0.2, 0.25) is 0 Å². The minimum atomic E-state index is -0.244. The summed E-state index contributed by atoms with van der Waals surface area (Å²) in [7, 11) is -0.244. The van der Waals surface area contributed by atoms with Crippen LogP contribution < -0.4 is 0 Å². The Hall–Kier alpha value is 0.137. The Morgan fingerprint density at radius 1 is 1.27 bits per heavy atom. The van der Waals surface area contributed by atoms with Gasteiger partial charge >= 0.3 is 0 Å². The van der Waals surface area contributed by atoms with Crippen LogP contribution in [0.15, 0.2) is 0 Å². The third-order valence-electron chi connectivity index (χ3n) is 1.23. The molecule has 0 radical (unpaired) electrons. The van der Waals surface area contributed by atoms with Crippen LogP contribution in [0.1, 0.15) is 27.2 Å². The van der Waals surface area contributed by atoms with Crippen LogP contribution in [0, 0.1) is 0 Å². The van der Waals surface area contributed by atoms with E-state index in [1.807, 2.05) is 6.92 Å². The van der Waals surface area contributed by atoms with Gasteiger partial charge in [-0.3, -0.25) is 0 Å². The third-order valence-corrected chi connectivity index (χ3v) is 2.42. The Labute approximate surface area is 72.2 Å². The van der Waals surface area contributed by atoms with E-state index in [0.29, 0.717) is 0 Å². The topological polar surface area (TPSA) is 18.5 Å². The number of hydrogen-bond donors (Lipinski definition) is 0. The summed E-state index contributed by atoms with van der Waals surface area (Å²) in [5.41, 5.74) is 0.780. The Morgan fingerprint density at radius 2 is 2.00 bits per heavy atom. The molecule has 0 amide bonds. The van der Waals surface area contributed by atoms with Gasteiger partial charge in [-0.2, -0.15) is 0 Å². The second-order valence-electron chi connectivity index (χ2n) is 3.02. The van der Waals surface area contributed by atoms with Crippen LogP contribution in [0.25, 0.3) is 0 Å². The van der Waals surface area contributed by atoms with E-state index < -0.39 is 0 Å². The van der Waals surface area contributed by atoms with E-state index in [-0.39, 0.29) is 9.76 Å². The zero-order valence-electron chi connectivity index (χ0n) is 7.93. The van der Waals surface area contributed by atoms with Gasteiger partial charge in [-0.25, -0.2) is 0 Å². The van der Waals surface area contributed by atoms with E-state index in [4.69, 9.17) is 9.16 Å². The van der Waals surface area contributed by atoms with Crippen molar-refractivity contribution in [2.45, 2.75) is 32.7 Å². The van der Waals surface area contributed by atoms with E-state index in [0.717, 1.165) is 31.8 Å². The summed E-state index contributed by atoms with van der Waals surface area (Å²) in [5.74, 6) is 0. The summed E-state index contributed by atoms with van der Waals surface area (Å²) in [5, 5.41) is 0. The number of rotatable bonds is 7. The molecule has 0 unspecified atom stereocenters. The van der Waals surface area contributed by atoms with E-state index >= 15 is 0 Å². The largest absolute Gasteiger partial charge is 0.424 e. The van der Waals surface area contributed by atoms with Crippen LogP contribution in [0.4, 0.5) is 0 Å². The van der Waals surface area contributed by atoms with E-state index in [1.165, 1.54) is 0 Å². The van der Waals surface area contributed by atoms with Gasteiger partial charge in [-0.05, 0) is 18.9 Å². The lowest BCUT2D eigenvalue weighted by Crippen LogP contribution is -2.06. The van der Waals surface area contributed by atoms with Gasteiger partial charge in [0, 0.05) is 19.8 Å². The van der Waals surface area contributed by atoms with Crippen molar-refractivity contribution in [2.75, 3.05) is 19.8 Å². The molecule has 0 atom stereocenters. The summed E-state index contributed by atoms with van der Waals surface area (Å²) >= 11 is 0. The van der Waals surface area contributed by atoms with Crippen LogP contribution in [-0.2, 0) is 9.16 Å². The molecule has 0 aliphatic rings. The molecule has 0 aromatic carbocycles. The molecule has 0 fully saturated rings. The molecule has 0 heterocycles. The first-order valence-corrected chi connectivity index (χ1v) is 5.82. The third kappa shape index (κ3) is 10.1. The van der Waals surface area contributed by atoms with Crippen molar-refractivity contribution in [3.05, 3.63) is 0 Å². The predicted molar refractivity (Wildman–Crippen MR) is 50.7 cm³/mol. The highest BCUT2D eigenvalue weighted by molar-refractivity contribution is 6.29. The summed E-state index contributed by atoms with van der Waals surface area (Å²) in [6, 6.07) is 0. The smallest absolute Gasteiger partial charge is 0.164 e. The first-order valence-electron chi connectivity index (χ1n) is 4.42. The molecule has 68 valence electrons. The summed E-state index contributed by atoms with van der Waals surface area (Å²) in [4.78, 5) is 0. The van der Waals surface area contributed by atoms with E-state index in [1.54, 1.807) is 0 Å². The van der Waals surface area contributed by atoms with Gasteiger partial charge in [0.05, 0.1) is 0 Å². The molecule has 0 aromatic rings. The van der Waals surface area contributed by atoms with Crippen molar-refractivity contribution in [1.82, 2.24) is 0 Å². The monoisotopic (exact) mass is 176 g/mol. The fourth-order valence-electron chi connectivity index (χ4n) is 0.726. The molecule has 0 spiro atoms. The van der Waals surface area contributed by atoms with Crippen molar-refractivity contribution >= 4 is 9.76 Å². The second kappa shape index (κ2) is 8.24. The molecule has 0 saturated heterocycles. The highest BCUT2D eigenvalue weighted by atomic mass is 28.2. The molecule has 11 heavy (non-hydrogen) atoms. The van der Waals surface area contributed by atoms with Crippen molar-refractivity contribution in [2.24, 2.45) is 0 Å². The van der Waals surface area contributed by atoms with Crippen LogP contribution in [0.2, 0.25) is 5.54 Å². The Bertz CT molecular complexity index is 76.5. The van der Waals surface area contributed by atoms with Crippen LogP contribution in [0.3, 0.4) is 0 Å². The van der Waals surface area contributed by atoms with Crippen LogP contribution in [0.5, 0.6) is 0 Å². The number of hydrogen-bond acceptors (Lipinski definition) is 2. The Morgan fingerprint density at radius 3 is 2.55 bits per heavy atom. The van der Waals surface area contributed by atoms with Crippen LogP contribution >= 0.6 is 0 Å². The fourth-order valence-corrected chi connectivity index (χ4v) is 1.57. The van der Waals surface area contributed by atoms with Gasteiger partial charge in [0.25, 0.3) is 0 Å². The molecule has 0 aromatic heterocycles. The first kappa shape index (κ1) is 11.1. The quantitative estimate of drug-likeness (QED) is 0.430. The molecule has 3 heteroatoms. The molecular weight excluding hydrogens is 156 g/mol. The minimum Gasteiger partial charge on any atom is -0.424 e. The first-order chi connectivity index (χ1) is 5.27. The average molecular weight is 176 g/mol. The predicted octanol–water partition coefficient (Wildman–Crippen LogP) is 1.34. The van der Waals surface area contributed by atoms with E-state index in [9.17, 15) is 0 Å². The summed E-state index contributed by atoms with van der Waals surface area (Å²) in [6.07, 6.45) is 1.05. The highest BCUT2D eigenvalue weighted by Gasteiger charge is 1.94. The molecule has 0 saturated carbocycles. The SMILES string of the molecule is CCOCCCO[SiH2]C(C)C. The van der Waals surface area contributed by atoms with Gasteiger partial charge in [0.1, 0.15) is 0 Å². The lowest BCUT2D eigenvalue weighted by Gasteiger charge is -2.05. The normalized spacial score (nSPS) is 12.0. The van der Waals surface area contributed by atoms with Crippen molar-refractivity contribution in [1.29, 1.82) is 0 Å². The average Bonchev–Trinajstić information content (AvgIpc) is 1.96. The molecular formula is C8H20O2Si. The molecule has 0 bridgehead atoms. The van der Waals surface area contributed by atoms with Crippen LogP contribution in [-0.4, -0.2) is 29.6 Å². The lowest BCUT2D eigenvalue weighted by molar-refractivity contribution is 0.131. The van der Waals surface area contributed by atoms with Gasteiger partial charge in [-0.1, -0.05) is 13.8 Å². The second-order valence-corrected chi connectivity index (χ2v) is 5.39. The maximum Gasteiger partial charge on any atom is 0.164 e. The lowest BCUT2D eigenvalue weighted by atomic mass is 10.5. The Balaban J connectivity index is 2.80. The molecule has 0 N–H and O–H groups in total. The number of ether oxygens (including phenoxy) is 1. The minimum absolute atomic E-state index is 0.244. The maximum absolute atomic E-state index is 5.50. The highest BCUT2D eigenvalue weighted by Crippen LogP contribution is 1.97. The molecule has 0 aliphatic heterocycles. The molecule has 0 rings (SSSR count). The zero-order chi connectivity index (χ0) is 8.53. The maximum atomic E-state index is 5.50. The summed E-state index contributed by atoms with van der Waals surface area (Å²) < 4.78 is 10.7. The Kier molecular flexibility index (Phi) is 8.34. The molecule has 2 nitrogen and oxygen atoms in total. The van der Waals surface area contributed by atoms with Gasteiger partial charge < -0.3 is 9.16 Å². The van der Waals surface area contributed by atoms with Gasteiger partial charge in [-0.15, -0.1) is 0 Å². The molecule has 0 aliphatic carbocycles. The summed E-state index contributed by atoms with van der Waals surface area (Å²) in [6.45, 7) is 9.02. The standard InChI is InChI=1S/C8H20O2Si/c1-4-9-6-5-7-10-11-8(2)3/h8H,4-7,11H2,1-3H3. The van der Waals surface area contributed by atoms with E-state index in [2.05, 4.69) is 13.8 Å². The van der Waals surface area contributed by atoms with Crippen molar-refractivity contribution < 1.29 is 9.16 Å². The van der Waals surface area contributed by atoms with Crippen molar-refractivity contribution in [3.63, 3.8) is 0 Å².